The fourth-order valence-electron chi connectivity index (χ4n) is 2.19. The zero-order valence-corrected chi connectivity index (χ0v) is 13.6. The summed E-state index contributed by atoms with van der Waals surface area (Å²) in [4.78, 5) is 15.8. The molecule has 2 heterocycles. The molecule has 0 spiro atoms. The number of amides is 1. The number of hydrogen-bond donors (Lipinski definition) is 2. The van der Waals surface area contributed by atoms with Gasteiger partial charge < -0.3 is 15.2 Å². The number of carbonyl (C=O) groups excluding carboxylic acids is 1. The molecule has 2 rings (SSSR count). The average Bonchev–Trinajstić information content (AvgIpc) is 2.79. The zero-order chi connectivity index (χ0) is 17.9. The van der Waals surface area contributed by atoms with Gasteiger partial charge in [0.1, 0.15) is 11.4 Å². The molecule has 0 unspecified atom stereocenters. The van der Waals surface area contributed by atoms with Gasteiger partial charge in [0.25, 0.3) is 12.3 Å². The van der Waals surface area contributed by atoms with E-state index in [9.17, 15) is 18.0 Å². The third-order valence-electron chi connectivity index (χ3n) is 3.37. The van der Waals surface area contributed by atoms with Crippen molar-refractivity contribution in [1.82, 2.24) is 14.9 Å². The fraction of sp³-hybridized carbons (Fsp3) is 0.375. The molecule has 0 aliphatic carbocycles. The molecule has 2 aromatic heterocycles. The maximum absolute atomic E-state index is 14.5. The highest BCUT2D eigenvalue weighted by Gasteiger charge is 2.21. The van der Waals surface area contributed by atoms with E-state index in [1.54, 1.807) is 7.05 Å². The summed E-state index contributed by atoms with van der Waals surface area (Å²) in [5, 5.41) is 5.49. The Morgan fingerprint density at radius 1 is 1.38 bits per heavy atom. The van der Waals surface area contributed by atoms with Crippen molar-refractivity contribution in [3.05, 3.63) is 47.3 Å². The molecule has 24 heavy (non-hydrogen) atoms. The Labute approximate surface area is 137 Å². The summed E-state index contributed by atoms with van der Waals surface area (Å²) < 4.78 is 41.1. The summed E-state index contributed by atoms with van der Waals surface area (Å²) in [7, 11) is 1.55. The molecule has 2 N–H and O–H groups in total. The van der Waals surface area contributed by atoms with E-state index in [0.29, 0.717) is 5.56 Å². The lowest BCUT2D eigenvalue weighted by Crippen LogP contribution is -2.22. The van der Waals surface area contributed by atoms with Crippen LogP contribution in [-0.4, -0.2) is 21.5 Å². The molecular weight excluding hydrogens is 321 g/mol. The summed E-state index contributed by atoms with van der Waals surface area (Å²) in [5.74, 6) is -1.34. The molecule has 0 atom stereocenters. The van der Waals surface area contributed by atoms with Crippen LogP contribution in [0.1, 0.15) is 42.0 Å². The second kappa shape index (κ2) is 7.48. The first-order chi connectivity index (χ1) is 11.3. The quantitative estimate of drug-likeness (QED) is 0.849. The van der Waals surface area contributed by atoms with Gasteiger partial charge >= 0.3 is 0 Å². The van der Waals surface area contributed by atoms with E-state index in [2.05, 4.69) is 15.6 Å². The number of hydrogen-bond acceptors (Lipinski definition) is 3. The third-order valence-corrected chi connectivity index (χ3v) is 3.37. The van der Waals surface area contributed by atoms with Crippen LogP contribution >= 0.6 is 0 Å². The highest BCUT2D eigenvalue weighted by molar-refractivity contribution is 6.03. The van der Waals surface area contributed by atoms with Crippen molar-refractivity contribution >= 4 is 11.6 Å². The van der Waals surface area contributed by atoms with E-state index < -0.39 is 23.8 Å². The van der Waals surface area contributed by atoms with Gasteiger partial charge in [0, 0.05) is 43.3 Å². The number of aryl methyl sites for hydroxylation is 1. The van der Waals surface area contributed by atoms with Gasteiger partial charge in [-0.15, -0.1) is 0 Å². The molecule has 8 heteroatoms. The molecule has 0 bridgehead atoms. The molecule has 130 valence electrons. The Bertz CT molecular complexity index is 728. The smallest absolute Gasteiger partial charge is 0.280 e. The summed E-state index contributed by atoms with van der Waals surface area (Å²) in [6.07, 6.45) is -0.0601. The highest BCUT2D eigenvalue weighted by atomic mass is 19.3. The van der Waals surface area contributed by atoms with Crippen molar-refractivity contribution in [2.75, 3.05) is 5.32 Å². The van der Waals surface area contributed by atoms with Crippen LogP contribution in [0, 0.1) is 5.82 Å². The molecule has 0 saturated heterocycles. The number of alkyl halides is 2. The number of nitrogens with one attached hydrogen (secondary N) is 2. The lowest BCUT2D eigenvalue weighted by Gasteiger charge is -2.08. The maximum Gasteiger partial charge on any atom is 0.280 e. The van der Waals surface area contributed by atoms with Crippen molar-refractivity contribution in [3.8, 4) is 0 Å². The number of rotatable bonds is 6. The average molecular weight is 340 g/mol. The minimum Gasteiger partial charge on any atom is -0.344 e. The molecule has 0 aliphatic heterocycles. The topological polar surface area (TPSA) is 59.0 Å². The SMILES string of the molecule is CC(C)NCc1cn(C)c(C(=O)Nc2ccnc(C(F)F)c2)c1F. The first kappa shape index (κ1) is 18.0. The van der Waals surface area contributed by atoms with Crippen molar-refractivity contribution < 1.29 is 18.0 Å². The second-order valence-corrected chi connectivity index (χ2v) is 5.69. The molecule has 0 aliphatic rings. The molecule has 0 saturated carbocycles. The number of nitrogens with zero attached hydrogens (tertiary/aromatic N) is 2. The van der Waals surface area contributed by atoms with E-state index in [-0.39, 0.29) is 24.0 Å². The summed E-state index contributed by atoms with van der Waals surface area (Å²) >= 11 is 0. The van der Waals surface area contributed by atoms with Crippen LogP contribution in [0.3, 0.4) is 0 Å². The van der Waals surface area contributed by atoms with Crippen molar-refractivity contribution in [1.29, 1.82) is 0 Å². The van der Waals surface area contributed by atoms with Crippen LogP contribution in [0.2, 0.25) is 0 Å². The zero-order valence-electron chi connectivity index (χ0n) is 13.6. The Balaban J connectivity index is 2.19. The Morgan fingerprint density at radius 2 is 2.08 bits per heavy atom. The van der Waals surface area contributed by atoms with E-state index in [1.165, 1.54) is 16.8 Å². The Hall–Kier alpha value is -2.35. The van der Waals surface area contributed by atoms with Gasteiger partial charge in [-0.1, -0.05) is 13.8 Å². The van der Waals surface area contributed by atoms with Crippen molar-refractivity contribution in [3.63, 3.8) is 0 Å². The molecule has 0 radical (unpaired) electrons. The minimum atomic E-state index is -2.75. The fourth-order valence-corrected chi connectivity index (χ4v) is 2.19. The second-order valence-electron chi connectivity index (χ2n) is 5.69. The number of carbonyl (C=O) groups is 1. The molecule has 2 aromatic rings. The summed E-state index contributed by atoms with van der Waals surface area (Å²) in [6, 6.07) is 2.60. The van der Waals surface area contributed by atoms with Gasteiger partial charge in [0.15, 0.2) is 5.82 Å². The summed E-state index contributed by atoms with van der Waals surface area (Å²) in [5.41, 5.74) is -0.125. The Morgan fingerprint density at radius 3 is 2.71 bits per heavy atom. The van der Waals surface area contributed by atoms with Gasteiger partial charge in [0.05, 0.1) is 0 Å². The normalized spacial score (nSPS) is 11.3. The number of pyridine rings is 1. The third kappa shape index (κ3) is 4.14. The van der Waals surface area contributed by atoms with Crippen LogP contribution in [0.15, 0.2) is 24.5 Å². The Kier molecular flexibility index (Phi) is 5.61. The van der Waals surface area contributed by atoms with Crippen LogP contribution in [0.25, 0.3) is 0 Å². The standard InChI is InChI=1S/C16H19F3N4O/c1-9(2)21-7-10-8-23(3)14(13(10)17)16(24)22-11-4-5-20-12(6-11)15(18)19/h4-6,8-9,15,21H,7H2,1-3H3,(H,20,22,24). The van der Waals surface area contributed by atoms with E-state index in [0.717, 1.165) is 12.3 Å². The van der Waals surface area contributed by atoms with Gasteiger partial charge in [-0.3, -0.25) is 9.78 Å². The van der Waals surface area contributed by atoms with Crippen LogP contribution in [0.4, 0.5) is 18.9 Å². The van der Waals surface area contributed by atoms with E-state index in [4.69, 9.17) is 0 Å². The van der Waals surface area contributed by atoms with Crippen molar-refractivity contribution in [2.45, 2.75) is 32.9 Å². The predicted octanol–water partition coefficient (Wildman–Crippen LogP) is 3.25. The van der Waals surface area contributed by atoms with Crippen LogP contribution < -0.4 is 10.6 Å². The van der Waals surface area contributed by atoms with Gasteiger partial charge in [-0.2, -0.15) is 0 Å². The highest BCUT2D eigenvalue weighted by Crippen LogP contribution is 2.21. The van der Waals surface area contributed by atoms with E-state index in [1.807, 2.05) is 13.8 Å². The predicted molar refractivity (Wildman–Crippen MR) is 84.5 cm³/mol. The lowest BCUT2D eigenvalue weighted by molar-refractivity contribution is 0.101. The number of halogens is 3. The van der Waals surface area contributed by atoms with Gasteiger partial charge in [0.2, 0.25) is 0 Å². The lowest BCUT2D eigenvalue weighted by atomic mass is 10.2. The molecule has 5 nitrogen and oxygen atoms in total. The van der Waals surface area contributed by atoms with Crippen LogP contribution in [0.5, 0.6) is 0 Å². The largest absolute Gasteiger partial charge is 0.344 e. The van der Waals surface area contributed by atoms with Crippen molar-refractivity contribution in [2.24, 2.45) is 7.05 Å². The summed E-state index contributed by atoms with van der Waals surface area (Å²) in [6.45, 7) is 4.15. The molecule has 0 fully saturated rings. The van der Waals surface area contributed by atoms with Crippen LogP contribution in [-0.2, 0) is 13.6 Å². The first-order valence-electron chi connectivity index (χ1n) is 7.42. The molecular formula is C16H19F3N4O. The van der Waals surface area contributed by atoms with Gasteiger partial charge in [-0.05, 0) is 12.1 Å². The molecule has 1 amide bonds. The van der Waals surface area contributed by atoms with Gasteiger partial charge in [-0.25, -0.2) is 13.2 Å². The number of anilines is 1. The first-order valence-corrected chi connectivity index (χ1v) is 7.42. The minimum absolute atomic E-state index is 0.132. The number of aromatic nitrogens is 2. The molecule has 0 aromatic carbocycles. The monoisotopic (exact) mass is 340 g/mol. The van der Waals surface area contributed by atoms with E-state index >= 15 is 0 Å². The maximum atomic E-state index is 14.5.